The highest BCUT2D eigenvalue weighted by Gasteiger charge is 2.25. The number of benzene rings is 1. The molecule has 0 aromatic heterocycles. The second-order valence-corrected chi connectivity index (χ2v) is 5.64. The highest BCUT2D eigenvalue weighted by atomic mass is 16.7. The Morgan fingerprint density at radius 2 is 1.18 bits per heavy atom. The fraction of sp³-hybridized carbons (Fsp3) is 0.625. The highest BCUT2D eigenvalue weighted by molar-refractivity contribution is 5.24. The van der Waals surface area contributed by atoms with Crippen LogP contribution in [0.15, 0.2) is 24.3 Å². The van der Waals surface area contributed by atoms with Crippen LogP contribution in [0, 0.1) is 0 Å². The Balaban J connectivity index is 1.64. The zero-order valence-corrected chi connectivity index (χ0v) is 12.6. The minimum Gasteiger partial charge on any atom is -0.348 e. The van der Waals surface area contributed by atoms with Crippen LogP contribution in [0.2, 0.25) is 0 Å². The van der Waals surface area contributed by atoms with Gasteiger partial charge < -0.3 is 30.4 Å². The molecule has 22 heavy (non-hydrogen) atoms. The van der Waals surface area contributed by atoms with Gasteiger partial charge in [-0.2, -0.15) is 0 Å². The molecule has 2 aliphatic rings. The lowest BCUT2D eigenvalue weighted by atomic mass is 10.1. The second kappa shape index (κ2) is 7.50. The Kier molecular flexibility index (Phi) is 5.41. The zero-order valence-electron chi connectivity index (χ0n) is 12.6. The van der Waals surface area contributed by atoms with Crippen LogP contribution >= 0.6 is 0 Å². The molecule has 1 aromatic carbocycles. The van der Waals surface area contributed by atoms with Crippen LogP contribution in [0.25, 0.3) is 0 Å². The molecule has 2 fully saturated rings. The van der Waals surface area contributed by atoms with E-state index in [0.29, 0.717) is 26.3 Å². The van der Waals surface area contributed by atoms with Gasteiger partial charge in [-0.05, 0) is 12.8 Å². The summed E-state index contributed by atoms with van der Waals surface area (Å²) in [6, 6.07) is 7.94. The van der Waals surface area contributed by atoms with Gasteiger partial charge in [-0.25, -0.2) is 0 Å². The van der Waals surface area contributed by atoms with Gasteiger partial charge in [0.05, 0.1) is 25.4 Å². The molecule has 4 N–H and O–H groups in total. The maximum atomic E-state index is 5.82. The topological polar surface area (TPSA) is 89.0 Å². The summed E-state index contributed by atoms with van der Waals surface area (Å²) in [6.45, 7) is 2.37. The molecule has 0 amide bonds. The van der Waals surface area contributed by atoms with Gasteiger partial charge in [0.2, 0.25) is 0 Å². The molecule has 0 spiro atoms. The number of ether oxygens (including phenoxy) is 4. The van der Waals surface area contributed by atoms with Crippen molar-refractivity contribution in [2.45, 2.75) is 37.6 Å². The summed E-state index contributed by atoms with van der Waals surface area (Å²) in [5.41, 5.74) is 13.3. The van der Waals surface area contributed by atoms with Crippen molar-refractivity contribution < 1.29 is 18.9 Å². The normalized spacial score (nSPS) is 32.8. The van der Waals surface area contributed by atoms with Crippen LogP contribution in [0.1, 0.15) is 36.5 Å². The standard InChI is InChI=1S/C16H24N2O4/c17-9-13-5-7-19-15(21-13)11-1-2-12(4-3-11)16-20-8-6-14(10-18)22-16/h1-4,13-16H,5-10,17-18H2. The number of hydrogen-bond acceptors (Lipinski definition) is 6. The minimum atomic E-state index is -0.346. The van der Waals surface area contributed by atoms with Crippen LogP contribution in [0.3, 0.4) is 0 Å². The summed E-state index contributed by atoms with van der Waals surface area (Å²) in [7, 11) is 0. The lowest BCUT2D eigenvalue weighted by molar-refractivity contribution is -0.216. The fourth-order valence-corrected chi connectivity index (χ4v) is 2.68. The molecule has 0 radical (unpaired) electrons. The van der Waals surface area contributed by atoms with Gasteiger partial charge in [-0.3, -0.25) is 0 Å². The van der Waals surface area contributed by atoms with Crippen LogP contribution in [0.4, 0.5) is 0 Å². The molecule has 2 heterocycles. The Hall–Kier alpha value is -1.02. The van der Waals surface area contributed by atoms with Gasteiger partial charge in [0.25, 0.3) is 0 Å². The van der Waals surface area contributed by atoms with E-state index in [1.165, 1.54) is 0 Å². The summed E-state index contributed by atoms with van der Waals surface area (Å²) in [5, 5.41) is 0. The van der Waals surface area contributed by atoms with E-state index in [1.807, 2.05) is 24.3 Å². The van der Waals surface area contributed by atoms with Crippen LogP contribution in [-0.2, 0) is 18.9 Å². The van der Waals surface area contributed by atoms with Crippen molar-refractivity contribution in [3.8, 4) is 0 Å². The van der Waals surface area contributed by atoms with Crippen molar-refractivity contribution in [1.29, 1.82) is 0 Å². The van der Waals surface area contributed by atoms with E-state index in [-0.39, 0.29) is 24.8 Å². The zero-order chi connectivity index (χ0) is 15.4. The van der Waals surface area contributed by atoms with Gasteiger partial charge in [-0.15, -0.1) is 0 Å². The third-order valence-electron chi connectivity index (χ3n) is 4.06. The summed E-state index contributed by atoms with van der Waals surface area (Å²) in [6.07, 6.45) is 1.12. The quantitative estimate of drug-likeness (QED) is 0.869. The first-order chi connectivity index (χ1) is 10.8. The van der Waals surface area contributed by atoms with Crippen molar-refractivity contribution in [3.63, 3.8) is 0 Å². The molecule has 6 heteroatoms. The van der Waals surface area contributed by atoms with E-state index in [4.69, 9.17) is 30.4 Å². The number of rotatable bonds is 4. The largest absolute Gasteiger partial charge is 0.348 e. The molecule has 122 valence electrons. The van der Waals surface area contributed by atoms with Crippen molar-refractivity contribution >= 4 is 0 Å². The average Bonchev–Trinajstić information content (AvgIpc) is 2.62. The summed E-state index contributed by atoms with van der Waals surface area (Å²) >= 11 is 0. The van der Waals surface area contributed by atoms with Gasteiger partial charge >= 0.3 is 0 Å². The molecule has 4 atom stereocenters. The van der Waals surface area contributed by atoms with Crippen molar-refractivity contribution in [2.75, 3.05) is 26.3 Å². The lowest BCUT2D eigenvalue weighted by Crippen LogP contribution is -2.33. The van der Waals surface area contributed by atoms with E-state index in [0.717, 1.165) is 24.0 Å². The predicted octanol–water partition coefficient (Wildman–Crippen LogP) is 1.21. The molecule has 3 rings (SSSR count). The maximum absolute atomic E-state index is 5.82. The summed E-state index contributed by atoms with van der Waals surface area (Å²) in [5.74, 6) is 0. The fourth-order valence-electron chi connectivity index (χ4n) is 2.68. The van der Waals surface area contributed by atoms with Crippen LogP contribution < -0.4 is 11.5 Å². The molecule has 0 saturated carbocycles. The summed E-state index contributed by atoms with van der Waals surface area (Å²) in [4.78, 5) is 0. The van der Waals surface area contributed by atoms with Crippen LogP contribution in [0.5, 0.6) is 0 Å². The Bertz CT molecular complexity index is 425. The van der Waals surface area contributed by atoms with Crippen LogP contribution in [-0.4, -0.2) is 38.5 Å². The Morgan fingerprint density at radius 1 is 0.773 bits per heavy atom. The van der Waals surface area contributed by atoms with E-state index in [9.17, 15) is 0 Å². The smallest absolute Gasteiger partial charge is 0.184 e. The first-order valence-corrected chi connectivity index (χ1v) is 7.84. The molecular formula is C16H24N2O4. The molecule has 2 aliphatic heterocycles. The predicted molar refractivity (Wildman–Crippen MR) is 80.9 cm³/mol. The summed E-state index contributed by atoms with van der Waals surface area (Å²) < 4.78 is 22.9. The van der Waals surface area contributed by atoms with Crippen molar-refractivity contribution in [2.24, 2.45) is 11.5 Å². The molecular weight excluding hydrogens is 284 g/mol. The highest BCUT2D eigenvalue weighted by Crippen LogP contribution is 2.30. The number of hydrogen-bond donors (Lipinski definition) is 2. The van der Waals surface area contributed by atoms with E-state index >= 15 is 0 Å². The third kappa shape index (κ3) is 3.65. The van der Waals surface area contributed by atoms with E-state index in [2.05, 4.69) is 0 Å². The monoisotopic (exact) mass is 308 g/mol. The van der Waals surface area contributed by atoms with Gasteiger partial charge in [0.15, 0.2) is 12.6 Å². The SMILES string of the molecule is NCC1CCOC(c2ccc(C3OCCC(CN)O3)cc2)O1. The minimum absolute atomic E-state index is 0.0637. The lowest BCUT2D eigenvalue weighted by Gasteiger charge is -2.31. The van der Waals surface area contributed by atoms with E-state index < -0.39 is 0 Å². The van der Waals surface area contributed by atoms with E-state index in [1.54, 1.807) is 0 Å². The van der Waals surface area contributed by atoms with Gasteiger partial charge in [-0.1, -0.05) is 24.3 Å². The van der Waals surface area contributed by atoms with Gasteiger partial charge in [0, 0.05) is 24.2 Å². The first kappa shape index (κ1) is 15.9. The molecule has 4 unspecified atom stereocenters. The average molecular weight is 308 g/mol. The first-order valence-electron chi connectivity index (χ1n) is 7.84. The second-order valence-electron chi connectivity index (χ2n) is 5.64. The Morgan fingerprint density at radius 3 is 1.55 bits per heavy atom. The Labute approximate surface area is 130 Å². The van der Waals surface area contributed by atoms with Crippen molar-refractivity contribution in [1.82, 2.24) is 0 Å². The van der Waals surface area contributed by atoms with Gasteiger partial charge in [0.1, 0.15) is 0 Å². The third-order valence-corrected chi connectivity index (χ3v) is 4.06. The molecule has 0 aliphatic carbocycles. The number of nitrogens with two attached hydrogens (primary N) is 2. The molecule has 2 saturated heterocycles. The molecule has 0 bridgehead atoms. The maximum Gasteiger partial charge on any atom is 0.184 e. The molecule has 1 aromatic rings. The molecule has 6 nitrogen and oxygen atoms in total. The van der Waals surface area contributed by atoms with Crippen molar-refractivity contribution in [3.05, 3.63) is 35.4 Å².